The van der Waals surface area contributed by atoms with E-state index in [0.29, 0.717) is 0 Å². The predicted molar refractivity (Wildman–Crippen MR) is 94.7 cm³/mol. The molecular weight excluding hydrogens is 291 g/mol. The van der Waals surface area contributed by atoms with E-state index in [4.69, 9.17) is 0 Å². The number of phenols is 2. The second-order valence-electron chi connectivity index (χ2n) is 5.32. The molecule has 0 spiro atoms. The Labute approximate surface area is 132 Å². The molecule has 110 valence electrons. The Morgan fingerprint density at radius 3 is 1.59 bits per heavy atom. The lowest BCUT2D eigenvalue weighted by atomic mass is 9.91. The minimum atomic E-state index is 0.257. The van der Waals surface area contributed by atoms with E-state index in [2.05, 4.69) is 28.3 Å². The standard InChI is InChI=1S/C19H17O2P/c1-12-2-11-17(22)19(14-5-9-16(21)10-6-14)18(12)13-3-7-15(20)8-4-13/h2-11,20-21H,22H2,1H3. The summed E-state index contributed by atoms with van der Waals surface area (Å²) < 4.78 is 0. The number of aromatic hydroxyl groups is 2. The van der Waals surface area contributed by atoms with Gasteiger partial charge in [0.05, 0.1) is 0 Å². The quantitative estimate of drug-likeness (QED) is 0.695. The summed E-state index contributed by atoms with van der Waals surface area (Å²) in [6, 6.07) is 18.6. The molecule has 0 amide bonds. The third-order valence-electron chi connectivity index (χ3n) is 3.76. The molecule has 22 heavy (non-hydrogen) atoms. The van der Waals surface area contributed by atoms with Crippen molar-refractivity contribution in [3.63, 3.8) is 0 Å². The zero-order valence-corrected chi connectivity index (χ0v) is 13.4. The predicted octanol–water partition coefficient (Wildman–Crippen LogP) is 4.24. The van der Waals surface area contributed by atoms with Crippen LogP contribution in [0, 0.1) is 6.92 Å². The van der Waals surface area contributed by atoms with Crippen LogP contribution in [-0.4, -0.2) is 10.2 Å². The first-order valence-corrected chi connectivity index (χ1v) is 7.62. The van der Waals surface area contributed by atoms with Crippen LogP contribution in [0.25, 0.3) is 22.3 Å². The number of benzene rings is 3. The molecule has 3 rings (SSSR count). The first-order chi connectivity index (χ1) is 10.6. The summed E-state index contributed by atoms with van der Waals surface area (Å²) in [5.74, 6) is 0.516. The summed E-state index contributed by atoms with van der Waals surface area (Å²) in [6.07, 6.45) is 0. The van der Waals surface area contributed by atoms with Crippen molar-refractivity contribution in [2.24, 2.45) is 0 Å². The zero-order chi connectivity index (χ0) is 15.7. The van der Waals surface area contributed by atoms with Gasteiger partial charge in [-0.3, -0.25) is 0 Å². The van der Waals surface area contributed by atoms with Crippen LogP contribution in [0.1, 0.15) is 5.56 Å². The summed E-state index contributed by atoms with van der Waals surface area (Å²) in [5.41, 5.74) is 5.53. The van der Waals surface area contributed by atoms with Gasteiger partial charge in [-0.05, 0) is 64.3 Å². The topological polar surface area (TPSA) is 40.5 Å². The monoisotopic (exact) mass is 308 g/mol. The molecule has 0 fully saturated rings. The van der Waals surface area contributed by atoms with Crippen LogP contribution in [0.3, 0.4) is 0 Å². The van der Waals surface area contributed by atoms with Crippen LogP contribution in [0.5, 0.6) is 11.5 Å². The second kappa shape index (κ2) is 5.82. The molecular formula is C19H17O2P. The maximum absolute atomic E-state index is 9.51. The molecule has 2 N–H and O–H groups in total. The molecule has 0 bridgehead atoms. The van der Waals surface area contributed by atoms with Crippen molar-refractivity contribution >= 4 is 14.5 Å². The minimum absolute atomic E-state index is 0.257. The van der Waals surface area contributed by atoms with Gasteiger partial charge in [-0.15, -0.1) is 9.24 Å². The lowest BCUT2D eigenvalue weighted by molar-refractivity contribution is 0.475. The van der Waals surface area contributed by atoms with Crippen LogP contribution >= 0.6 is 9.24 Å². The minimum Gasteiger partial charge on any atom is -0.508 e. The first-order valence-electron chi connectivity index (χ1n) is 7.04. The maximum atomic E-state index is 9.51. The molecule has 2 nitrogen and oxygen atoms in total. The summed E-state index contributed by atoms with van der Waals surface area (Å²) in [6.45, 7) is 2.08. The summed E-state index contributed by atoms with van der Waals surface area (Å²) in [4.78, 5) is 0. The van der Waals surface area contributed by atoms with E-state index in [0.717, 1.165) is 27.6 Å². The summed E-state index contributed by atoms with van der Waals surface area (Å²) in [7, 11) is 2.78. The fourth-order valence-corrected chi connectivity index (χ4v) is 3.07. The Bertz CT molecular complexity index is 736. The highest BCUT2D eigenvalue weighted by atomic mass is 31.0. The number of hydrogen-bond donors (Lipinski definition) is 2. The molecule has 0 saturated carbocycles. The lowest BCUT2D eigenvalue weighted by Gasteiger charge is -2.16. The molecule has 1 atom stereocenters. The van der Waals surface area contributed by atoms with Crippen LogP contribution in [0.4, 0.5) is 0 Å². The van der Waals surface area contributed by atoms with Gasteiger partial charge in [0, 0.05) is 0 Å². The molecule has 0 aliphatic carbocycles. The number of aryl methyl sites for hydroxylation is 1. The smallest absolute Gasteiger partial charge is 0.115 e. The van der Waals surface area contributed by atoms with Crippen LogP contribution in [0.2, 0.25) is 0 Å². The molecule has 3 heteroatoms. The van der Waals surface area contributed by atoms with Crippen molar-refractivity contribution in [3.05, 3.63) is 66.2 Å². The van der Waals surface area contributed by atoms with E-state index in [-0.39, 0.29) is 11.5 Å². The maximum Gasteiger partial charge on any atom is 0.115 e. The van der Waals surface area contributed by atoms with Crippen molar-refractivity contribution in [1.29, 1.82) is 0 Å². The Hall–Kier alpha value is -2.31. The van der Waals surface area contributed by atoms with Gasteiger partial charge >= 0.3 is 0 Å². The van der Waals surface area contributed by atoms with Gasteiger partial charge in [-0.25, -0.2) is 0 Å². The highest BCUT2D eigenvalue weighted by Crippen LogP contribution is 2.35. The highest BCUT2D eigenvalue weighted by molar-refractivity contribution is 7.28. The second-order valence-corrected chi connectivity index (χ2v) is 5.94. The van der Waals surface area contributed by atoms with Gasteiger partial charge in [0.15, 0.2) is 0 Å². The fourth-order valence-electron chi connectivity index (χ4n) is 2.66. The van der Waals surface area contributed by atoms with E-state index in [9.17, 15) is 10.2 Å². The molecule has 0 aromatic heterocycles. The van der Waals surface area contributed by atoms with Gasteiger partial charge in [0.25, 0.3) is 0 Å². The SMILES string of the molecule is Cc1ccc(P)c(-c2ccc(O)cc2)c1-c1ccc(O)cc1. The molecule has 0 aliphatic heterocycles. The Balaban J connectivity index is 2.27. The Morgan fingerprint density at radius 2 is 1.09 bits per heavy atom. The highest BCUT2D eigenvalue weighted by Gasteiger charge is 2.13. The van der Waals surface area contributed by atoms with E-state index in [1.807, 2.05) is 24.3 Å². The Morgan fingerprint density at radius 1 is 0.636 bits per heavy atom. The third kappa shape index (κ3) is 2.70. The van der Waals surface area contributed by atoms with Crippen molar-refractivity contribution in [3.8, 4) is 33.8 Å². The molecule has 3 aromatic rings. The van der Waals surface area contributed by atoms with E-state index < -0.39 is 0 Å². The van der Waals surface area contributed by atoms with Gasteiger partial charge in [0.1, 0.15) is 11.5 Å². The van der Waals surface area contributed by atoms with E-state index in [1.54, 1.807) is 24.3 Å². The van der Waals surface area contributed by atoms with Gasteiger partial charge in [-0.2, -0.15) is 0 Å². The average molecular weight is 308 g/mol. The number of phenolic OH excluding ortho intramolecular Hbond substituents is 2. The molecule has 0 aliphatic rings. The largest absolute Gasteiger partial charge is 0.508 e. The van der Waals surface area contributed by atoms with Crippen LogP contribution < -0.4 is 5.30 Å². The molecule has 1 unspecified atom stereocenters. The van der Waals surface area contributed by atoms with Crippen LogP contribution in [0.15, 0.2) is 60.7 Å². The molecule has 0 saturated heterocycles. The van der Waals surface area contributed by atoms with E-state index >= 15 is 0 Å². The van der Waals surface area contributed by atoms with Gasteiger partial charge in [-0.1, -0.05) is 36.4 Å². The van der Waals surface area contributed by atoms with E-state index in [1.165, 1.54) is 5.56 Å². The average Bonchev–Trinajstić information content (AvgIpc) is 2.51. The summed E-state index contributed by atoms with van der Waals surface area (Å²) in [5, 5.41) is 20.1. The zero-order valence-electron chi connectivity index (χ0n) is 12.2. The summed E-state index contributed by atoms with van der Waals surface area (Å²) >= 11 is 0. The molecule has 0 radical (unpaired) electrons. The number of rotatable bonds is 2. The lowest BCUT2D eigenvalue weighted by Crippen LogP contribution is -2.01. The number of hydrogen-bond acceptors (Lipinski definition) is 2. The molecule has 3 aromatic carbocycles. The normalized spacial score (nSPS) is 10.6. The van der Waals surface area contributed by atoms with Crippen molar-refractivity contribution in [2.75, 3.05) is 0 Å². The fraction of sp³-hybridized carbons (Fsp3) is 0.0526. The molecule has 0 heterocycles. The van der Waals surface area contributed by atoms with Crippen molar-refractivity contribution in [2.45, 2.75) is 6.92 Å². The Kier molecular flexibility index (Phi) is 3.87. The van der Waals surface area contributed by atoms with Gasteiger partial charge in [0.2, 0.25) is 0 Å². The van der Waals surface area contributed by atoms with Gasteiger partial charge < -0.3 is 10.2 Å². The van der Waals surface area contributed by atoms with Crippen LogP contribution in [-0.2, 0) is 0 Å². The van der Waals surface area contributed by atoms with Crippen molar-refractivity contribution in [1.82, 2.24) is 0 Å². The first kappa shape index (κ1) is 14.6. The third-order valence-corrected chi connectivity index (χ3v) is 4.24. The van der Waals surface area contributed by atoms with Crippen molar-refractivity contribution < 1.29 is 10.2 Å².